The molecule has 5 nitrogen and oxygen atoms in total. The highest BCUT2D eigenvalue weighted by Gasteiger charge is 2.19. The fraction of sp³-hybridized carbons (Fsp3) is 0.467. The van der Waals surface area contributed by atoms with E-state index in [4.69, 9.17) is 0 Å². The summed E-state index contributed by atoms with van der Waals surface area (Å²) >= 11 is 0. The predicted molar refractivity (Wildman–Crippen MR) is 78.3 cm³/mol. The van der Waals surface area contributed by atoms with Crippen LogP contribution < -0.4 is 0 Å². The normalized spacial score (nSPS) is 12.8. The van der Waals surface area contributed by atoms with Crippen LogP contribution in [-0.4, -0.2) is 44.4 Å². The third-order valence-corrected chi connectivity index (χ3v) is 3.24. The van der Waals surface area contributed by atoms with Crippen molar-refractivity contribution in [2.45, 2.75) is 39.5 Å². The van der Waals surface area contributed by atoms with Crippen LogP contribution in [0.5, 0.6) is 0 Å². The number of carbonyl (C=O) groups is 1. The molecule has 108 valence electrons. The van der Waals surface area contributed by atoms with Crippen molar-refractivity contribution in [2.24, 2.45) is 0 Å². The number of rotatable bonds is 5. The molecule has 0 radical (unpaired) electrons. The van der Waals surface area contributed by atoms with E-state index in [0.717, 1.165) is 10.9 Å². The molecular weight excluding hydrogens is 254 g/mol. The summed E-state index contributed by atoms with van der Waals surface area (Å²) in [4.78, 5) is 14.1. The molecule has 0 saturated heterocycles. The van der Waals surface area contributed by atoms with E-state index >= 15 is 0 Å². The Balaban J connectivity index is 2.17. The molecule has 1 amide bonds. The minimum atomic E-state index is -0.532. The fourth-order valence-corrected chi connectivity index (χ4v) is 2.26. The lowest BCUT2D eigenvalue weighted by Crippen LogP contribution is -2.43. The van der Waals surface area contributed by atoms with Crippen LogP contribution in [0, 0.1) is 0 Å². The zero-order valence-corrected chi connectivity index (χ0v) is 12.2. The Hall–Kier alpha value is -1.88. The minimum absolute atomic E-state index is 0.0326. The maximum absolute atomic E-state index is 12.4. The summed E-state index contributed by atoms with van der Waals surface area (Å²) in [5.41, 5.74) is 0.946. The van der Waals surface area contributed by atoms with Crippen LogP contribution in [0.25, 0.3) is 10.9 Å². The van der Waals surface area contributed by atoms with Gasteiger partial charge in [-0.1, -0.05) is 18.2 Å². The van der Waals surface area contributed by atoms with Gasteiger partial charge < -0.3 is 10.0 Å². The number of nitrogens with zero attached hydrogens (tertiary/aromatic N) is 3. The first kappa shape index (κ1) is 14.5. The Morgan fingerprint density at radius 3 is 2.70 bits per heavy atom. The molecule has 2 aromatic rings. The van der Waals surface area contributed by atoms with Gasteiger partial charge in [0.25, 0.3) is 0 Å². The average Bonchev–Trinajstić information content (AvgIpc) is 2.79. The van der Waals surface area contributed by atoms with Gasteiger partial charge in [-0.2, -0.15) is 5.10 Å². The van der Waals surface area contributed by atoms with Crippen LogP contribution in [-0.2, 0) is 11.3 Å². The maximum Gasteiger partial charge on any atom is 0.244 e. The Morgan fingerprint density at radius 2 is 2.05 bits per heavy atom. The first-order chi connectivity index (χ1) is 9.49. The van der Waals surface area contributed by atoms with Crippen molar-refractivity contribution in [1.29, 1.82) is 0 Å². The number of fused-ring (bicyclic) bond motifs is 1. The number of aromatic nitrogens is 2. The summed E-state index contributed by atoms with van der Waals surface area (Å²) in [6.07, 6.45) is 1.23. The predicted octanol–water partition coefficient (Wildman–Crippen LogP) is 1.65. The number of benzene rings is 1. The number of hydrogen-bond acceptors (Lipinski definition) is 3. The lowest BCUT2D eigenvalue weighted by molar-refractivity contribution is -0.135. The van der Waals surface area contributed by atoms with E-state index in [1.807, 2.05) is 38.1 Å². The summed E-state index contributed by atoms with van der Waals surface area (Å²) in [5, 5.41) is 14.8. The molecule has 1 atom stereocenters. The Labute approximate surface area is 118 Å². The molecule has 1 N–H and O–H groups in total. The summed E-state index contributed by atoms with van der Waals surface area (Å²) < 4.78 is 1.70. The minimum Gasteiger partial charge on any atom is -0.392 e. The molecular formula is C15H21N3O2. The van der Waals surface area contributed by atoms with Crippen molar-refractivity contribution >= 4 is 16.8 Å². The van der Waals surface area contributed by atoms with E-state index in [0.29, 0.717) is 6.54 Å². The molecule has 1 unspecified atom stereocenters. The molecule has 2 rings (SSSR count). The van der Waals surface area contributed by atoms with Crippen LogP contribution >= 0.6 is 0 Å². The Bertz CT molecular complexity index is 590. The Kier molecular flexibility index (Phi) is 4.39. The molecule has 0 aliphatic rings. The summed E-state index contributed by atoms with van der Waals surface area (Å²) in [6, 6.07) is 7.85. The second-order valence-corrected chi connectivity index (χ2v) is 5.35. The summed E-state index contributed by atoms with van der Waals surface area (Å²) in [6.45, 7) is 6.11. The third-order valence-electron chi connectivity index (χ3n) is 3.24. The molecule has 0 spiro atoms. The number of carbonyl (C=O) groups excluding carboxylic acids is 1. The summed E-state index contributed by atoms with van der Waals surface area (Å²) in [7, 11) is 0. The van der Waals surface area contributed by atoms with E-state index in [-0.39, 0.29) is 18.5 Å². The van der Waals surface area contributed by atoms with Gasteiger partial charge in [-0.15, -0.1) is 0 Å². The van der Waals surface area contributed by atoms with Crippen LogP contribution in [0.2, 0.25) is 0 Å². The van der Waals surface area contributed by atoms with Crippen LogP contribution in [0.3, 0.4) is 0 Å². The number of para-hydroxylation sites is 1. The number of amides is 1. The van der Waals surface area contributed by atoms with Gasteiger partial charge in [0.1, 0.15) is 6.54 Å². The van der Waals surface area contributed by atoms with E-state index in [2.05, 4.69) is 5.10 Å². The lowest BCUT2D eigenvalue weighted by Gasteiger charge is -2.28. The van der Waals surface area contributed by atoms with Crippen LogP contribution in [0.1, 0.15) is 20.8 Å². The molecule has 20 heavy (non-hydrogen) atoms. The summed E-state index contributed by atoms with van der Waals surface area (Å²) in [5.74, 6) is -0.0326. The van der Waals surface area contributed by atoms with Crippen LogP contribution in [0.4, 0.5) is 0 Å². The largest absolute Gasteiger partial charge is 0.392 e. The van der Waals surface area contributed by atoms with E-state index in [1.54, 1.807) is 22.7 Å². The first-order valence-corrected chi connectivity index (χ1v) is 6.87. The molecule has 0 saturated carbocycles. The van der Waals surface area contributed by atoms with Crippen molar-refractivity contribution in [3.8, 4) is 0 Å². The highest BCUT2D eigenvalue weighted by molar-refractivity contribution is 5.82. The highest BCUT2D eigenvalue weighted by atomic mass is 16.3. The zero-order chi connectivity index (χ0) is 14.7. The first-order valence-electron chi connectivity index (χ1n) is 6.87. The van der Waals surface area contributed by atoms with Gasteiger partial charge in [0.05, 0.1) is 17.8 Å². The van der Waals surface area contributed by atoms with E-state index in [9.17, 15) is 9.90 Å². The van der Waals surface area contributed by atoms with Gasteiger partial charge >= 0.3 is 0 Å². The van der Waals surface area contributed by atoms with Gasteiger partial charge in [-0.3, -0.25) is 9.48 Å². The molecule has 1 heterocycles. The maximum atomic E-state index is 12.4. The van der Waals surface area contributed by atoms with Gasteiger partial charge in [-0.05, 0) is 26.8 Å². The highest BCUT2D eigenvalue weighted by Crippen LogP contribution is 2.13. The quantitative estimate of drug-likeness (QED) is 0.902. The van der Waals surface area contributed by atoms with Gasteiger partial charge in [-0.25, -0.2) is 0 Å². The van der Waals surface area contributed by atoms with Gasteiger partial charge in [0.15, 0.2) is 0 Å². The molecule has 1 aromatic heterocycles. The number of aliphatic hydroxyl groups excluding tert-OH is 1. The topological polar surface area (TPSA) is 58.4 Å². The molecule has 0 aliphatic carbocycles. The van der Waals surface area contributed by atoms with Crippen molar-refractivity contribution in [3.63, 3.8) is 0 Å². The standard InChI is InChI=1S/C15H21N3O2/c1-11(2)17(9-12(3)19)15(20)10-18-14-7-5-4-6-13(14)8-16-18/h4-8,11-12,19H,9-10H2,1-3H3. The molecule has 0 bridgehead atoms. The zero-order valence-electron chi connectivity index (χ0n) is 12.2. The molecule has 0 fully saturated rings. The molecule has 0 aliphatic heterocycles. The van der Waals surface area contributed by atoms with Crippen molar-refractivity contribution in [1.82, 2.24) is 14.7 Å². The van der Waals surface area contributed by atoms with Gasteiger partial charge in [0.2, 0.25) is 5.91 Å². The monoisotopic (exact) mass is 275 g/mol. The van der Waals surface area contributed by atoms with E-state index in [1.165, 1.54) is 0 Å². The smallest absolute Gasteiger partial charge is 0.244 e. The van der Waals surface area contributed by atoms with Crippen molar-refractivity contribution in [3.05, 3.63) is 30.5 Å². The lowest BCUT2D eigenvalue weighted by atomic mass is 10.2. The Morgan fingerprint density at radius 1 is 1.35 bits per heavy atom. The third kappa shape index (κ3) is 3.17. The molecule has 5 heteroatoms. The second kappa shape index (κ2) is 6.05. The van der Waals surface area contributed by atoms with Crippen LogP contribution in [0.15, 0.2) is 30.5 Å². The van der Waals surface area contributed by atoms with Crippen molar-refractivity contribution in [2.75, 3.05) is 6.54 Å². The molecule has 1 aromatic carbocycles. The fourth-order valence-electron chi connectivity index (χ4n) is 2.26. The number of aliphatic hydroxyl groups is 1. The average molecular weight is 275 g/mol. The van der Waals surface area contributed by atoms with Gasteiger partial charge in [0, 0.05) is 18.0 Å². The number of hydrogen-bond donors (Lipinski definition) is 1. The second-order valence-electron chi connectivity index (χ2n) is 5.35. The van der Waals surface area contributed by atoms with E-state index < -0.39 is 6.10 Å². The van der Waals surface area contributed by atoms with Crippen molar-refractivity contribution < 1.29 is 9.90 Å². The SMILES string of the molecule is CC(O)CN(C(=O)Cn1ncc2ccccc21)C(C)C.